The van der Waals surface area contributed by atoms with Crippen LogP contribution in [0.5, 0.6) is 0 Å². The van der Waals surface area contributed by atoms with Crippen molar-refractivity contribution in [1.82, 2.24) is 5.32 Å². The quantitative estimate of drug-likeness (QED) is 0.381. The van der Waals surface area contributed by atoms with Gasteiger partial charge in [0, 0.05) is 28.9 Å². The predicted octanol–water partition coefficient (Wildman–Crippen LogP) is 6.04. The van der Waals surface area contributed by atoms with Gasteiger partial charge in [0.05, 0.1) is 0 Å². The molecule has 4 rings (SSSR count). The molecule has 1 amide bonds. The Morgan fingerprint density at radius 2 is 1.70 bits per heavy atom. The molecule has 0 heterocycles. The number of ether oxygens (including phenoxy) is 1. The van der Waals surface area contributed by atoms with Crippen molar-refractivity contribution < 1.29 is 9.53 Å². The van der Waals surface area contributed by atoms with Crippen LogP contribution in [0.3, 0.4) is 0 Å². The first-order valence-corrected chi connectivity index (χ1v) is 10.8. The molecule has 0 bridgehead atoms. The topological polar surface area (TPSA) is 38.3 Å². The minimum atomic E-state index is -0.405. The first-order chi connectivity index (χ1) is 14.6. The molecule has 0 aliphatic heterocycles. The van der Waals surface area contributed by atoms with E-state index in [0.717, 1.165) is 15.6 Å². The minimum absolute atomic E-state index is 0.0717. The van der Waals surface area contributed by atoms with E-state index >= 15 is 0 Å². The smallest absolute Gasteiger partial charge is 0.407 e. The average molecular weight is 460 g/mol. The van der Waals surface area contributed by atoms with E-state index in [-0.39, 0.29) is 5.92 Å². The summed E-state index contributed by atoms with van der Waals surface area (Å²) < 4.78 is 6.54. The van der Waals surface area contributed by atoms with Crippen molar-refractivity contribution in [1.29, 1.82) is 0 Å². The van der Waals surface area contributed by atoms with Gasteiger partial charge in [-0.25, -0.2) is 4.79 Å². The number of aryl methyl sites for hydroxylation is 1. The van der Waals surface area contributed by atoms with E-state index in [2.05, 4.69) is 57.4 Å². The number of halogens is 1. The predicted molar refractivity (Wildman–Crippen MR) is 123 cm³/mol. The number of hydrogen-bond donors (Lipinski definition) is 1. The maximum atomic E-state index is 12.2. The van der Waals surface area contributed by atoms with Gasteiger partial charge in [-0.15, -0.1) is 0 Å². The first kappa shape index (κ1) is 20.3. The van der Waals surface area contributed by atoms with Crippen LogP contribution in [-0.2, 0) is 4.74 Å². The molecule has 0 spiro atoms. The lowest BCUT2D eigenvalue weighted by molar-refractivity contribution is 0.143. The summed E-state index contributed by atoms with van der Waals surface area (Å²) in [4.78, 5) is 12.2. The molecule has 3 nitrogen and oxygen atoms in total. The summed E-state index contributed by atoms with van der Waals surface area (Å²) >= 11 is 3.46. The van der Waals surface area contributed by atoms with Crippen LogP contribution in [0.1, 0.15) is 34.6 Å². The zero-order chi connectivity index (χ0) is 20.9. The Bertz CT molecular complexity index is 1100. The van der Waals surface area contributed by atoms with Crippen LogP contribution in [0, 0.1) is 18.8 Å². The van der Waals surface area contributed by atoms with Gasteiger partial charge in [0.1, 0.15) is 6.61 Å². The molecule has 3 aromatic rings. The van der Waals surface area contributed by atoms with E-state index < -0.39 is 6.09 Å². The lowest BCUT2D eigenvalue weighted by atomic mass is 9.98. The van der Waals surface area contributed by atoms with Gasteiger partial charge in [-0.05, 0) is 46.9 Å². The highest BCUT2D eigenvalue weighted by Crippen LogP contribution is 2.44. The second-order valence-electron chi connectivity index (χ2n) is 7.26. The molecule has 3 aromatic carbocycles. The molecule has 0 atom stereocenters. The summed E-state index contributed by atoms with van der Waals surface area (Å²) in [6, 6.07) is 22.7. The van der Waals surface area contributed by atoms with Crippen molar-refractivity contribution in [2.24, 2.45) is 0 Å². The molecule has 0 radical (unpaired) electrons. The largest absolute Gasteiger partial charge is 0.449 e. The fourth-order valence-electron chi connectivity index (χ4n) is 3.76. The molecule has 0 saturated heterocycles. The lowest BCUT2D eigenvalue weighted by Crippen LogP contribution is -2.26. The van der Waals surface area contributed by atoms with Gasteiger partial charge < -0.3 is 10.1 Å². The van der Waals surface area contributed by atoms with E-state index in [4.69, 9.17) is 4.74 Å². The van der Waals surface area contributed by atoms with Crippen LogP contribution in [-0.4, -0.2) is 19.2 Å². The first-order valence-electron chi connectivity index (χ1n) is 9.97. The second kappa shape index (κ2) is 9.19. The van der Waals surface area contributed by atoms with E-state index in [1.807, 2.05) is 49.4 Å². The fraction of sp³-hybridized carbons (Fsp3) is 0.192. The molecule has 0 saturated carbocycles. The van der Waals surface area contributed by atoms with Crippen LogP contribution in [0.2, 0.25) is 0 Å². The highest BCUT2D eigenvalue weighted by molar-refractivity contribution is 9.10. The van der Waals surface area contributed by atoms with Gasteiger partial charge in [0.2, 0.25) is 0 Å². The third-order valence-electron chi connectivity index (χ3n) is 5.29. The monoisotopic (exact) mass is 459 g/mol. The average Bonchev–Trinajstić information content (AvgIpc) is 3.08. The zero-order valence-corrected chi connectivity index (χ0v) is 18.3. The molecular formula is C26H22BrNO2. The van der Waals surface area contributed by atoms with Crippen molar-refractivity contribution in [2.75, 3.05) is 13.2 Å². The molecule has 1 aliphatic rings. The Kier molecular flexibility index (Phi) is 6.21. The normalized spacial score (nSPS) is 11.8. The Hall–Kier alpha value is -3.03. The summed E-state index contributed by atoms with van der Waals surface area (Å²) in [6.07, 6.45) is 0.160. The van der Waals surface area contributed by atoms with Gasteiger partial charge in [-0.2, -0.15) is 0 Å². The number of rotatable bonds is 4. The third kappa shape index (κ3) is 4.42. The summed E-state index contributed by atoms with van der Waals surface area (Å²) in [5.41, 5.74) is 6.99. The van der Waals surface area contributed by atoms with Gasteiger partial charge in [0.25, 0.3) is 0 Å². The van der Waals surface area contributed by atoms with E-state index in [1.165, 1.54) is 22.3 Å². The fourth-order valence-corrected chi connectivity index (χ4v) is 4.12. The Morgan fingerprint density at radius 3 is 2.40 bits per heavy atom. The highest BCUT2D eigenvalue weighted by Gasteiger charge is 2.28. The van der Waals surface area contributed by atoms with Crippen LogP contribution in [0.25, 0.3) is 11.1 Å². The number of fused-ring (bicyclic) bond motifs is 3. The molecular weight excluding hydrogens is 438 g/mol. The summed E-state index contributed by atoms with van der Waals surface area (Å²) in [5.74, 6) is 6.33. The number of nitrogens with one attached hydrogen (secondary N) is 1. The number of alkyl carbamates (subject to hydrolysis) is 1. The summed E-state index contributed by atoms with van der Waals surface area (Å²) in [5, 5.41) is 2.79. The molecule has 1 aliphatic carbocycles. The standard InChI is InChI=1S/C26H22BrNO2/c1-18-13-14-20(27)16-19(18)8-6-7-15-28-26(29)30-17-25-23-11-4-2-9-21(23)22-10-3-5-12-24(22)25/h2-5,9-14,16,25H,7,15,17H2,1H3,(H,28,29). The van der Waals surface area contributed by atoms with Crippen molar-refractivity contribution in [2.45, 2.75) is 19.3 Å². The van der Waals surface area contributed by atoms with Gasteiger partial charge in [-0.3, -0.25) is 0 Å². The molecule has 150 valence electrons. The number of carbonyl (C=O) groups excluding carboxylic acids is 1. The van der Waals surface area contributed by atoms with Crippen LogP contribution >= 0.6 is 15.9 Å². The number of benzene rings is 3. The second-order valence-corrected chi connectivity index (χ2v) is 8.18. The Morgan fingerprint density at radius 1 is 1.03 bits per heavy atom. The van der Waals surface area contributed by atoms with E-state index in [1.54, 1.807) is 0 Å². The Labute approximate surface area is 185 Å². The van der Waals surface area contributed by atoms with Gasteiger partial charge >= 0.3 is 6.09 Å². The Balaban J connectivity index is 1.30. The molecule has 30 heavy (non-hydrogen) atoms. The third-order valence-corrected chi connectivity index (χ3v) is 5.78. The lowest BCUT2D eigenvalue weighted by Gasteiger charge is -2.14. The maximum Gasteiger partial charge on any atom is 0.407 e. The van der Waals surface area contributed by atoms with Crippen molar-refractivity contribution >= 4 is 22.0 Å². The van der Waals surface area contributed by atoms with Crippen LogP contribution in [0.4, 0.5) is 4.79 Å². The summed E-state index contributed by atoms with van der Waals surface area (Å²) in [6.45, 7) is 2.81. The maximum absolute atomic E-state index is 12.2. The van der Waals surface area contributed by atoms with E-state index in [9.17, 15) is 4.79 Å². The minimum Gasteiger partial charge on any atom is -0.449 e. The molecule has 4 heteroatoms. The summed E-state index contributed by atoms with van der Waals surface area (Å²) in [7, 11) is 0. The van der Waals surface area contributed by atoms with Crippen LogP contribution in [0.15, 0.2) is 71.2 Å². The van der Waals surface area contributed by atoms with Crippen molar-refractivity contribution in [3.8, 4) is 23.0 Å². The number of carbonyl (C=O) groups is 1. The SMILES string of the molecule is Cc1ccc(Br)cc1C#CCCNC(=O)OCC1c2ccccc2-c2ccccc21. The van der Waals surface area contributed by atoms with E-state index in [0.29, 0.717) is 19.6 Å². The van der Waals surface area contributed by atoms with Gasteiger partial charge in [0.15, 0.2) is 0 Å². The molecule has 0 fully saturated rings. The number of hydrogen-bond acceptors (Lipinski definition) is 2. The van der Waals surface area contributed by atoms with Crippen molar-refractivity contribution in [3.63, 3.8) is 0 Å². The van der Waals surface area contributed by atoms with Crippen LogP contribution < -0.4 is 5.32 Å². The van der Waals surface area contributed by atoms with Crippen molar-refractivity contribution in [3.05, 3.63) is 93.5 Å². The molecule has 1 N–H and O–H groups in total. The number of amides is 1. The highest BCUT2D eigenvalue weighted by atomic mass is 79.9. The molecule has 0 aromatic heterocycles. The molecule has 0 unspecified atom stereocenters. The zero-order valence-electron chi connectivity index (χ0n) is 16.7. The van der Waals surface area contributed by atoms with Gasteiger partial charge in [-0.1, -0.05) is 82.4 Å².